The Bertz CT molecular complexity index is 589. The molecule has 1 atom stereocenters. The van der Waals surface area contributed by atoms with Crippen molar-refractivity contribution in [2.45, 2.75) is 43.5 Å². The third-order valence-corrected chi connectivity index (χ3v) is 6.24. The molecule has 1 saturated heterocycles. The lowest BCUT2D eigenvalue weighted by atomic mass is 10.1. The predicted octanol–water partition coefficient (Wildman–Crippen LogP) is 2.79. The normalized spacial score (nSPS) is 20.6. The molecule has 118 valence electrons. The zero-order valence-corrected chi connectivity index (χ0v) is 14.1. The van der Waals surface area contributed by atoms with E-state index >= 15 is 0 Å². The van der Waals surface area contributed by atoms with Crippen molar-refractivity contribution in [3.63, 3.8) is 0 Å². The topological polar surface area (TPSA) is 46.6 Å². The van der Waals surface area contributed by atoms with E-state index in [9.17, 15) is 8.42 Å². The molecule has 0 radical (unpaired) electrons. The summed E-state index contributed by atoms with van der Waals surface area (Å²) in [5.74, 6) is 0.312. The first kappa shape index (κ1) is 16.7. The van der Waals surface area contributed by atoms with Gasteiger partial charge < -0.3 is 4.74 Å². The van der Waals surface area contributed by atoms with Crippen LogP contribution < -0.4 is 0 Å². The fraction of sp³-hybridized carbons (Fsp3) is 0.600. The van der Waals surface area contributed by atoms with E-state index in [1.807, 2.05) is 26.0 Å². The molecule has 0 saturated carbocycles. The third-order valence-electron chi connectivity index (χ3n) is 3.90. The molecule has 0 aliphatic carbocycles. The first-order valence-electron chi connectivity index (χ1n) is 7.31. The van der Waals surface area contributed by atoms with Crippen molar-refractivity contribution in [3.05, 3.63) is 29.3 Å². The molecular formula is C15H22ClNO3S. The van der Waals surface area contributed by atoms with Crippen molar-refractivity contribution < 1.29 is 13.2 Å². The Balaban J connectivity index is 2.47. The van der Waals surface area contributed by atoms with Crippen LogP contribution in [0.2, 0.25) is 0 Å². The highest BCUT2D eigenvalue weighted by Gasteiger charge is 2.34. The van der Waals surface area contributed by atoms with Crippen LogP contribution in [-0.2, 0) is 27.1 Å². The lowest BCUT2D eigenvalue weighted by molar-refractivity contribution is 0.0314. The minimum absolute atomic E-state index is 0.0897. The molecule has 0 aromatic heterocycles. The highest BCUT2D eigenvalue weighted by atomic mass is 35.5. The summed E-state index contributed by atoms with van der Waals surface area (Å²) in [6, 6.07) is 5.38. The summed E-state index contributed by atoms with van der Waals surface area (Å²) >= 11 is 5.86. The summed E-state index contributed by atoms with van der Waals surface area (Å²) in [7, 11) is -3.50. The number of morpholine rings is 1. The standard InChI is InChI=1S/C15H22ClNO3S/c1-3-13-6-5-12(10-16)9-15(13)21(18,19)17-7-8-20-11-14(17)4-2/h5-6,9,14H,3-4,7-8,10-11H2,1-2H3. The number of benzene rings is 1. The van der Waals surface area contributed by atoms with E-state index in [2.05, 4.69) is 0 Å². The molecule has 0 N–H and O–H groups in total. The molecule has 0 spiro atoms. The second kappa shape index (κ2) is 7.09. The minimum atomic E-state index is -3.50. The SMILES string of the molecule is CCc1ccc(CCl)cc1S(=O)(=O)N1CCOCC1CC. The monoisotopic (exact) mass is 331 g/mol. The number of nitrogens with zero attached hydrogens (tertiary/aromatic N) is 1. The lowest BCUT2D eigenvalue weighted by Gasteiger charge is -2.34. The molecule has 2 rings (SSSR count). The zero-order chi connectivity index (χ0) is 15.5. The zero-order valence-electron chi connectivity index (χ0n) is 12.5. The Kier molecular flexibility index (Phi) is 5.66. The van der Waals surface area contributed by atoms with Crippen LogP contribution in [0.5, 0.6) is 0 Å². The van der Waals surface area contributed by atoms with Crippen LogP contribution >= 0.6 is 11.6 Å². The van der Waals surface area contributed by atoms with Crippen LogP contribution in [0.15, 0.2) is 23.1 Å². The fourth-order valence-corrected chi connectivity index (χ4v) is 4.80. The van der Waals surface area contributed by atoms with Crippen LogP contribution in [0, 0.1) is 0 Å². The van der Waals surface area contributed by atoms with Crippen molar-refractivity contribution in [1.29, 1.82) is 0 Å². The Hall–Kier alpha value is -0.620. The summed E-state index contributed by atoms with van der Waals surface area (Å²) in [5.41, 5.74) is 1.67. The van der Waals surface area contributed by atoms with Gasteiger partial charge in [-0.25, -0.2) is 8.42 Å². The summed E-state index contributed by atoms with van der Waals surface area (Å²) < 4.78 is 33.1. The highest BCUT2D eigenvalue weighted by molar-refractivity contribution is 7.89. The molecule has 0 bridgehead atoms. The molecule has 1 aliphatic rings. The fourth-order valence-electron chi connectivity index (χ4n) is 2.62. The highest BCUT2D eigenvalue weighted by Crippen LogP contribution is 2.26. The number of sulfonamides is 1. The second-order valence-electron chi connectivity index (χ2n) is 5.18. The maximum Gasteiger partial charge on any atom is 0.243 e. The predicted molar refractivity (Wildman–Crippen MR) is 84.2 cm³/mol. The van der Waals surface area contributed by atoms with E-state index in [4.69, 9.17) is 16.3 Å². The Labute approximate surface area is 132 Å². The summed E-state index contributed by atoms with van der Waals surface area (Å²) in [5, 5.41) is 0. The van der Waals surface area contributed by atoms with Crippen molar-refractivity contribution in [1.82, 2.24) is 4.31 Å². The van der Waals surface area contributed by atoms with Gasteiger partial charge in [0.1, 0.15) is 0 Å². The molecule has 1 unspecified atom stereocenters. The lowest BCUT2D eigenvalue weighted by Crippen LogP contribution is -2.48. The number of aryl methyl sites for hydroxylation is 1. The van der Waals surface area contributed by atoms with E-state index in [0.29, 0.717) is 37.0 Å². The van der Waals surface area contributed by atoms with Crippen molar-refractivity contribution in [2.24, 2.45) is 0 Å². The van der Waals surface area contributed by atoms with Gasteiger partial charge in [0, 0.05) is 18.5 Å². The van der Waals surface area contributed by atoms with Crippen molar-refractivity contribution in [3.8, 4) is 0 Å². The third kappa shape index (κ3) is 3.42. The number of hydrogen-bond donors (Lipinski definition) is 0. The maximum atomic E-state index is 13.0. The first-order chi connectivity index (χ1) is 10.0. The summed E-state index contributed by atoms with van der Waals surface area (Å²) in [6.45, 7) is 5.27. The number of hydrogen-bond acceptors (Lipinski definition) is 3. The molecule has 21 heavy (non-hydrogen) atoms. The number of rotatable bonds is 5. The van der Waals surface area contributed by atoms with Gasteiger partial charge in [0.05, 0.1) is 18.1 Å². The van der Waals surface area contributed by atoms with Gasteiger partial charge in [0.2, 0.25) is 10.0 Å². The van der Waals surface area contributed by atoms with Gasteiger partial charge in [-0.05, 0) is 30.0 Å². The largest absolute Gasteiger partial charge is 0.378 e. The van der Waals surface area contributed by atoms with Crippen LogP contribution in [-0.4, -0.2) is 38.5 Å². The van der Waals surface area contributed by atoms with Crippen molar-refractivity contribution >= 4 is 21.6 Å². The average Bonchev–Trinajstić information content (AvgIpc) is 2.54. The van der Waals surface area contributed by atoms with Crippen LogP contribution in [0.3, 0.4) is 0 Å². The van der Waals surface area contributed by atoms with E-state index in [-0.39, 0.29) is 6.04 Å². The van der Waals surface area contributed by atoms with Gasteiger partial charge in [0.25, 0.3) is 0 Å². The van der Waals surface area contributed by atoms with Gasteiger partial charge in [0.15, 0.2) is 0 Å². The smallest absolute Gasteiger partial charge is 0.243 e. The number of ether oxygens (including phenoxy) is 1. The Morgan fingerprint density at radius 1 is 1.38 bits per heavy atom. The molecule has 1 aromatic rings. The quantitative estimate of drug-likeness (QED) is 0.779. The summed E-state index contributed by atoms with van der Waals surface area (Å²) in [6.07, 6.45) is 1.42. The molecule has 0 amide bonds. The van der Waals surface area contributed by atoms with E-state index < -0.39 is 10.0 Å². The molecule has 4 nitrogen and oxygen atoms in total. The van der Waals surface area contributed by atoms with Gasteiger partial charge in [-0.1, -0.05) is 26.0 Å². The van der Waals surface area contributed by atoms with E-state index in [1.54, 1.807) is 10.4 Å². The number of halogens is 1. The van der Waals surface area contributed by atoms with Crippen LogP contribution in [0.1, 0.15) is 31.4 Å². The second-order valence-corrected chi connectivity index (χ2v) is 7.31. The minimum Gasteiger partial charge on any atom is -0.378 e. The first-order valence-corrected chi connectivity index (χ1v) is 9.29. The molecule has 1 heterocycles. The van der Waals surface area contributed by atoms with E-state index in [1.165, 1.54) is 0 Å². The van der Waals surface area contributed by atoms with Gasteiger partial charge in [-0.2, -0.15) is 4.31 Å². The number of alkyl halides is 1. The molecule has 6 heteroatoms. The Morgan fingerprint density at radius 2 is 2.14 bits per heavy atom. The molecule has 1 fully saturated rings. The van der Waals surface area contributed by atoms with Crippen molar-refractivity contribution in [2.75, 3.05) is 19.8 Å². The molecule has 1 aliphatic heterocycles. The summed E-state index contributed by atoms with van der Waals surface area (Å²) in [4.78, 5) is 0.392. The molecule has 1 aromatic carbocycles. The van der Waals surface area contributed by atoms with Gasteiger partial charge in [-0.3, -0.25) is 0 Å². The Morgan fingerprint density at radius 3 is 2.76 bits per heavy atom. The van der Waals surface area contributed by atoms with Gasteiger partial charge in [-0.15, -0.1) is 11.6 Å². The van der Waals surface area contributed by atoms with E-state index in [0.717, 1.165) is 17.5 Å². The average molecular weight is 332 g/mol. The molecular weight excluding hydrogens is 310 g/mol. The maximum absolute atomic E-state index is 13.0. The van der Waals surface area contributed by atoms with Gasteiger partial charge >= 0.3 is 0 Å². The van der Waals surface area contributed by atoms with Crippen LogP contribution in [0.4, 0.5) is 0 Å². The van der Waals surface area contributed by atoms with Crippen LogP contribution in [0.25, 0.3) is 0 Å².